The van der Waals surface area contributed by atoms with Gasteiger partial charge in [0.25, 0.3) is 0 Å². The monoisotopic (exact) mass is 930 g/mol. The Balaban J connectivity index is 1.35. The standard InChI is InChI=1S/C56H58F8O3/c1-5-7-9-37-15-23-49(51(57)33-37)43-19-11-39(12-20-43)27-45-29-41(31-47(35-65-3)55(59,60)61)17-25-53(45)67-54-26-18-42(32-48(36-66-4)56(62,63)64)30-46(54)28-40-13-21-44(22-14-40)50-24-16-38(10-8-6-2)34-52(50)58/h11-26,29-30,33-34,47-48H,5-10,27-28,31-32,35-36H2,1-4H3. The Morgan fingerprint density at radius 3 is 1.13 bits per heavy atom. The summed E-state index contributed by atoms with van der Waals surface area (Å²) in [4.78, 5) is 0. The second kappa shape index (κ2) is 23.5. The smallest absolute Gasteiger partial charge is 0.394 e. The summed E-state index contributed by atoms with van der Waals surface area (Å²) in [6.45, 7) is 3.12. The molecule has 11 heteroatoms. The highest BCUT2D eigenvalue weighted by Crippen LogP contribution is 2.37. The summed E-state index contributed by atoms with van der Waals surface area (Å²) in [5, 5.41) is 0. The summed E-state index contributed by atoms with van der Waals surface area (Å²) in [6.07, 6.45) is -3.76. The van der Waals surface area contributed by atoms with Crippen LogP contribution in [0.3, 0.4) is 0 Å². The van der Waals surface area contributed by atoms with Gasteiger partial charge in [-0.25, -0.2) is 8.78 Å². The summed E-state index contributed by atoms with van der Waals surface area (Å²) in [5.41, 5.74) is 7.60. The minimum absolute atomic E-state index is 0.234. The molecule has 2 unspecified atom stereocenters. The van der Waals surface area contributed by atoms with Gasteiger partial charge in [-0.1, -0.05) is 124 Å². The lowest BCUT2D eigenvalue weighted by molar-refractivity contribution is -0.186. The first-order valence-electron chi connectivity index (χ1n) is 22.9. The second-order valence-electron chi connectivity index (χ2n) is 17.4. The summed E-state index contributed by atoms with van der Waals surface area (Å²) < 4.78 is 132. The maximum atomic E-state index is 15.3. The van der Waals surface area contributed by atoms with Crippen LogP contribution in [0.1, 0.15) is 84.0 Å². The first-order valence-corrected chi connectivity index (χ1v) is 22.9. The molecule has 0 N–H and O–H groups in total. The molecular formula is C56H58F8O3. The Kier molecular flexibility index (Phi) is 17.8. The molecule has 6 rings (SSSR count). The number of benzene rings is 6. The SMILES string of the molecule is CCCCc1ccc(-c2ccc(Cc3cc(CC(COC)C(F)(F)F)ccc3Oc3ccc(CC(COC)C(F)(F)F)cc3Cc3ccc(-c4ccc(CCCC)cc4F)cc3)cc2)c(F)c1. The lowest BCUT2D eigenvalue weighted by Crippen LogP contribution is -2.29. The highest BCUT2D eigenvalue weighted by Gasteiger charge is 2.40. The first kappa shape index (κ1) is 50.9. The van der Waals surface area contributed by atoms with Crippen molar-refractivity contribution in [3.05, 3.63) is 177 Å². The van der Waals surface area contributed by atoms with Gasteiger partial charge in [-0.15, -0.1) is 0 Å². The lowest BCUT2D eigenvalue weighted by Gasteiger charge is -2.22. The van der Waals surface area contributed by atoms with Gasteiger partial charge in [-0.3, -0.25) is 0 Å². The van der Waals surface area contributed by atoms with Gasteiger partial charge >= 0.3 is 12.4 Å². The van der Waals surface area contributed by atoms with E-state index in [1.54, 1.807) is 84.9 Å². The van der Waals surface area contributed by atoms with Crippen LogP contribution in [0.5, 0.6) is 11.5 Å². The van der Waals surface area contributed by atoms with E-state index in [1.807, 2.05) is 36.4 Å². The van der Waals surface area contributed by atoms with Crippen molar-refractivity contribution in [1.82, 2.24) is 0 Å². The number of unbranched alkanes of at least 4 members (excludes halogenated alkanes) is 2. The fourth-order valence-corrected chi connectivity index (χ4v) is 8.33. The largest absolute Gasteiger partial charge is 0.457 e. The van der Waals surface area contributed by atoms with E-state index < -0.39 is 37.4 Å². The molecule has 0 spiro atoms. The quantitative estimate of drug-likeness (QED) is 0.0635. The number of hydrogen-bond acceptors (Lipinski definition) is 3. The minimum atomic E-state index is -4.51. The Hall–Kier alpha value is -5.52. The maximum absolute atomic E-state index is 15.3. The van der Waals surface area contributed by atoms with Crippen LogP contribution in [0, 0.1) is 23.5 Å². The number of hydrogen-bond donors (Lipinski definition) is 0. The minimum Gasteiger partial charge on any atom is -0.457 e. The molecule has 6 aromatic rings. The van der Waals surface area contributed by atoms with E-state index in [1.165, 1.54) is 14.2 Å². The topological polar surface area (TPSA) is 27.7 Å². The average Bonchev–Trinajstić information content (AvgIpc) is 3.29. The fraction of sp³-hybridized carbons (Fsp3) is 0.357. The Morgan fingerprint density at radius 1 is 0.448 bits per heavy atom. The van der Waals surface area contributed by atoms with Crippen molar-refractivity contribution < 1.29 is 49.3 Å². The summed E-state index contributed by atoms with van der Waals surface area (Å²) >= 11 is 0. The zero-order chi connectivity index (χ0) is 48.1. The average molecular weight is 931 g/mol. The molecule has 0 radical (unpaired) electrons. The first-order chi connectivity index (χ1) is 32.1. The van der Waals surface area contributed by atoms with Crippen LogP contribution in [0.25, 0.3) is 22.3 Å². The molecular weight excluding hydrogens is 873 g/mol. The van der Waals surface area contributed by atoms with E-state index in [0.717, 1.165) is 60.8 Å². The van der Waals surface area contributed by atoms with E-state index in [2.05, 4.69) is 13.8 Å². The van der Waals surface area contributed by atoms with Crippen LogP contribution < -0.4 is 4.74 Å². The molecule has 0 saturated carbocycles. The predicted octanol–water partition coefficient (Wildman–Crippen LogP) is 15.7. The fourth-order valence-electron chi connectivity index (χ4n) is 8.33. The van der Waals surface area contributed by atoms with E-state index in [0.29, 0.717) is 56.0 Å². The summed E-state index contributed by atoms with van der Waals surface area (Å²) in [6, 6.07) is 34.8. The van der Waals surface area contributed by atoms with Gasteiger partial charge in [-0.2, -0.15) is 26.3 Å². The number of ether oxygens (including phenoxy) is 3. The van der Waals surface area contributed by atoms with Crippen LogP contribution in [0.2, 0.25) is 0 Å². The molecule has 0 bridgehead atoms. The van der Waals surface area contributed by atoms with Crippen molar-refractivity contribution in [1.29, 1.82) is 0 Å². The molecule has 3 nitrogen and oxygen atoms in total. The molecule has 0 aliphatic carbocycles. The summed E-state index contributed by atoms with van der Waals surface area (Å²) in [5.74, 6) is -3.49. The molecule has 0 heterocycles. The maximum Gasteiger partial charge on any atom is 0.394 e. The molecule has 2 atom stereocenters. The number of rotatable bonds is 22. The Bertz CT molecular complexity index is 2340. The van der Waals surface area contributed by atoms with Crippen molar-refractivity contribution in [2.75, 3.05) is 27.4 Å². The van der Waals surface area contributed by atoms with Gasteiger partial charge < -0.3 is 14.2 Å². The summed E-state index contributed by atoms with van der Waals surface area (Å²) in [7, 11) is 2.45. The second-order valence-corrected chi connectivity index (χ2v) is 17.4. The van der Waals surface area contributed by atoms with Gasteiger partial charge in [0.1, 0.15) is 23.1 Å². The van der Waals surface area contributed by atoms with Crippen LogP contribution in [-0.4, -0.2) is 39.8 Å². The highest BCUT2D eigenvalue weighted by atomic mass is 19.4. The third-order valence-corrected chi connectivity index (χ3v) is 12.1. The van der Waals surface area contributed by atoms with Crippen LogP contribution in [-0.2, 0) is 48.0 Å². The zero-order valence-corrected chi connectivity index (χ0v) is 38.4. The normalized spacial score (nSPS) is 12.9. The van der Waals surface area contributed by atoms with Gasteiger partial charge in [0.15, 0.2) is 0 Å². The van der Waals surface area contributed by atoms with Gasteiger partial charge in [0.05, 0.1) is 25.0 Å². The van der Waals surface area contributed by atoms with Crippen molar-refractivity contribution in [2.45, 2.75) is 90.4 Å². The molecule has 0 saturated heterocycles. The number of methoxy groups -OCH3 is 2. The van der Waals surface area contributed by atoms with Crippen molar-refractivity contribution in [3.8, 4) is 33.8 Å². The molecule has 6 aromatic carbocycles. The number of aryl methyl sites for hydroxylation is 2. The molecule has 0 fully saturated rings. The predicted molar refractivity (Wildman–Crippen MR) is 250 cm³/mol. The van der Waals surface area contributed by atoms with Gasteiger partial charge in [0.2, 0.25) is 0 Å². The Morgan fingerprint density at radius 2 is 0.806 bits per heavy atom. The van der Waals surface area contributed by atoms with Crippen molar-refractivity contribution in [2.24, 2.45) is 11.8 Å². The number of halogens is 8. The third kappa shape index (κ3) is 14.2. The Labute approximate surface area is 389 Å². The number of alkyl halides is 6. The van der Waals surface area contributed by atoms with E-state index >= 15 is 8.78 Å². The van der Waals surface area contributed by atoms with Gasteiger partial charge in [0, 0.05) is 38.2 Å². The molecule has 0 amide bonds. The molecule has 0 aliphatic rings. The molecule has 0 aliphatic heterocycles. The van der Waals surface area contributed by atoms with Crippen molar-refractivity contribution in [3.63, 3.8) is 0 Å². The van der Waals surface area contributed by atoms with Crippen LogP contribution in [0.4, 0.5) is 35.1 Å². The zero-order valence-electron chi connectivity index (χ0n) is 38.4. The van der Waals surface area contributed by atoms with Crippen LogP contribution >= 0.6 is 0 Å². The molecule has 0 aromatic heterocycles. The highest BCUT2D eigenvalue weighted by molar-refractivity contribution is 5.66. The molecule has 356 valence electrons. The van der Waals surface area contributed by atoms with E-state index in [4.69, 9.17) is 14.2 Å². The van der Waals surface area contributed by atoms with Gasteiger partial charge in [-0.05, 0) is 118 Å². The van der Waals surface area contributed by atoms with Crippen molar-refractivity contribution >= 4 is 0 Å². The van der Waals surface area contributed by atoms with E-state index in [-0.39, 0.29) is 37.3 Å². The van der Waals surface area contributed by atoms with Crippen LogP contribution in [0.15, 0.2) is 121 Å². The third-order valence-electron chi connectivity index (χ3n) is 12.1. The van der Waals surface area contributed by atoms with E-state index in [9.17, 15) is 26.3 Å². The lowest BCUT2D eigenvalue weighted by atomic mass is 9.94. The molecule has 67 heavy (non-hydrogen) atoms.